The van der Waals surface area contributed by atoms with Crippen molar-refractivity contribution in [3.8, 4) is 5.75 Å². The molecule has 3 rings (SSSR count). The molecule has 2 aromatic rings. The van der Waals surface area contributed by atoms with Crippen molar-refractivity contribution in [3.05, 3.63) is 47.7 Å². The molecule has 0 bridgehead atoms. The second kappa shape index (κ2) is 5.26. The molecule has 0 amide bonds. The van der Waals surface area contributed by atoms with Gasteiger partial charge in [0.1, 0.15) is 10.1 Å². The molecule has 5 heteroatoms. The summed E-state index contributed by atoms with van der Waals surface area (Å²) in [7, 11) is 1.62. The number of rotatable bonds is 2. The molecule has 0 unspecified atom stereocenters. The van der Waals surface area contributed by atoms with Gasteiger partial charge in [0, 0.05) is 5.56 Å². The molecule has 20 heavy (non-hydrogen) atoms. The van der Waals surface area contributed by atoms with E-state index in [2.05, 4.69) is 5.32 Å². The molecule has 0 aliphatic carbocycles. The number of ether oxygens (including phenoxy) is 1. The molecule has 0 atom stereocenters. The zero-order valence-electron chi connectivity index (χ0n) is 10.7. The highest BCUT2D eigenvalue weighted by atomic mass is 32.2. The van der Waals surface area contributed by atoms with Gasteiger partial charge in [-0.05, 0) is 34.7 Å². The molecule has 0 spiro atoms. The zero-order chi connectivity index (χ0) is 14.1. The Morgan fingerprint density at radius 3 is 2.75 bits per heavy atom. The van der Waals surface area contributed by atoms with Crippen LogP contribution in [0.15, 0.2) is 42.1 Å². The molecular formula is C15H11NO2S2. The monoisotopic (exact) mass is 301 g/mol. The molecular weight excluding hydrogens is 290 g/mol. The van der Waals surface area contributed by atoms with E-state index in [1.165, 1.54) is 0 Å². The van der Waals surface area contributed by atoms with Crippen LogP contribution in [-0.4, -0.2) is 16.5 Å². The third kappa shape index (κ3) is 2.30. The van der Waals surface area contributed by atoms with Gasteiger partial charge in [0.25, 0.3) is 0 Å². The van der Waals surface area contributed by atoms with E-state index in [9.17, 15) is 4.79 Å². The molecule has 0 radical (unpaired) electrons. The van der Waals surface area contributed by atoms with Crippen molar-refractivity contribution in [3.63, 3.8) is 0 Å². The van der Waals surface area contributed by atoms with E-state index >= 15 is 0 Å². The Morgan fingerprint density at radius 2 is 2.05 bits per heavy atom. The van der Waals surface area contributed by atoms with Gasteiger partial charge in [-0.15, -0.1) is 0 Å². The lowest BCUT2D eigenvalue weighted by molar-refractivity contribution is -0.107. The first-order valence-corrected chi connectivity index (χ1v) is 7.22. The van der Waals surface area contributed by atoms with Gasteiger partial charge in [-0.25, -0.2) is 0 Å². The topological polar surface area (TPSA) is 38.3 Å². The van der Waals surface area contributed by atoms with Crippen LogP contribution in [0.5, 0.6) is 5.75 Å². The van der Waals surface area contributed by atoms with Gasteiger partial charge in [-0.2, -0.15) is 0 Å². The van der Waals surface area contributed by atoms with Crippen molar-refractivity contribution in [1.29, 1.82) is 0 Å². The molecule has 1 aliphatic heterocycles. The van der Waals surface area contributed by atoms with Gasteiger partial charge >= 0.3 is 0 Å². The van der Waals surface area contributed by atoms with Crippen molar-refractivity contribution >= 4 is 50.3 Å². The van der Waals surface area contributed by atoms with E-state index in [4.69, 9.17) is 17.0 Å². The van der Waals surface area contributed by atoms with Crippen molar-refractivity contribution < 1.29 is 9.53 Å². The third-order valence-electron chi connectivity index (χ3n) is 3.08. The highest BCUT2D eigenvalue weighted by Crippen LogP contribution is 2.31. The van der Waals surface area contributed by atoms with Crippen LogP contribution in [0.4, 0.5) is 0 Å². The fraction of sp³-hybridized carbons (Fsp3) is 0.0667. The van der Waals surface area contributed by atoms with Crippen molar-refractivity contribution in [2.45, 2.75) is 0 Å². The average molecular weight is 301 g/mol. The Labute approximate surface area is 126 Å². The summed E-state index contributed by atoms with van der Waals surface area (Å²) in [6.45, 7) is 0. The summed E-state index contributed by atoms with van der Waals surface area (Å²) in [6, 6.07) is 11.9. The largest absolute Gasteiger partial charge is 0.496 e. The van der Waals surface area contributed by atoms with Gasteiger partial charge in [-0.1, -0.05) is 42.5 Å². The summed E-state index contributed by atoms with van der Waals surface area (Å²) in [6.07, 6.45) is 1.80. The van der Waals surface area contributed by atoms with Crippen molar-refractivity contribution in [2.24, 2.45) is 0 Å². The summed E-state index contributed by atoms with van der Waals surface area (Å²) < 4.78 is 5.89. The summed E-state index contributed by atoms with van der Waals surface area (Å²) in [5, 5.41) is 4.99. The lowest BCUT2D eigenvalue weighted by atomic mass is 10.0. The number of methoxy groups -OCH3 is 1. The second-order valence-electron chi connectivity index (χ2n) is 4.26. The van der Waals surface area contributed by atoms with Crippen LogP contribution in [0.1, 0.15) is 5.56 Å². The van der Waals surface area contributed by atoms with Crippen LogP contribution in [0, 0.1) is 0 Å². The number of carbonyl (C=O) groups excluding carboxylic acids is 1. The van der Waals surface area contributed by atoms with Gasteiger partial charge < -0.3 is 10.1 Å². The fourth-order valence-corrected chi connectivity index (χ4v) is 3.05. The molecule has 1 N–H and O–H groups in total. The van der Waals surface area contributed by atoms with Crippen molar-refractivity contribution in [1.82, 2.24) is 5.32 Å². The van der Waals surface area contributed by atoms with Crippen LogP contribution in [-0.2, 0) is 4.79 Å². The lowest BCUT2D eigenvalue weighted by Crippen LogP contribution is -2.10. The minimum atomic E-state index is -0.0648. The number of hydrogen-bond acceptors (Lipinski definition) is 4. The van der Waals surface area contributed by atoms with Crippen LogP contribution in [0.2, 0.25) is 0 Å². The Bertz CT molecular complexity index is 753. The highest BCUT2D eigenvalue weighted by Gasteiger charge is 2.23. The second-order valence-corrected chi connectivity index (χ2v) is 5.91. The number of fused-ring (bicyclic) bond motifs is 1. The smallest absolute Gasteiger partial charge is 0.242 e. The Morgan fingerprint density at radius 1 is 1.25 bits per heavy atom. The summed E-state index contributed by atoms with van der Waals surface area (Å²) in [5.41, 5.74) is 1.38. The highest BCUT2D eigenvalue weighted by molar-refractivity contribution is 8.33. The minimum absolute atomic E-state index is 0.0648. The van der Waals surface area contributed by atoms with Crippen LogP contribution >= 0.6 is 24.0 Å². The molecule has 1 fully saturated rings. The minimum Gasteiger partial charge on any atom is -0.496 e. The maximum atomic E-state index is 11.8. The van der Waals surface area contributed by atoms with E-state index in [-0.39, 0.29) is 5.12 Å². The first-order chi connectivity index (χ1) is 9.69. The quantitative estimate of drug-likeness (QED) is 0.680. The molecule has 1 heterocycles. The molecule has 0 saturated carbocycles. The summed E-state index contributed by atoms with van der Waals surface area (Å²) >= 11 is 6.04. The molecule has 100 valence electrons. The van der Waals surface area contributed by atoms with Gasteiger partial charge in [0.2, 0.25) is 5.12 Å². The number of thiocarbonyl (C=S) groups is 1. The number of benzene rings is 2. The van der Waals surface area contributed by atoms with Crippen LogP contribution < -0.4 is 10.1 Å². The van der Waals surface area contributed by atoms with Crippen LogP contribution in [0.25, 0.3) is 16.8 Å². The molecule has 0 aromatic heterocycles. The van der Waals surface area contributed by atoms with Gasteiger partial charge in [-0.3, -0.25) is 4.79 Å². The number of carbonyl (C=O) groups is 1. The van der Waals surface area contributed by atoms with Crippen LogP contribution in [0.3, 0.4) is 0 Å². The molecule has 2 aromatic carbocycles. The van der Waals surface area contributed by atoms with E-state index in [0.717, 1.165) is 33.8 Å². The predicted octanol–water partition coefficient (Wildman–Crippen LogP) is 3.34. The predicted molar refractivity (Wildman–Crippen MR) is 86.8 cm³/mol. The number of nitrogens with one attached hydrogen (secondary N) is 1. The first kappa shape index (κ1) is 13.1. The standard InChI is InChI=1S/C15H11NO2S2/c1-18-13-7-6-9-4-2-3-5-10(9)11(13)8-12-14(17)20-15(19)16-12/h2-8H,1H3,(H,16,19). The van der Waals surface area contributed by atoms with E-state index in [1.807, 2.05) is 36.4 Å². The fourth-order valence-electron chi connectivity index (χ4n) is 2.17. The number of thioether (sulfide) groups is 1. The number of hydrogen-bond donors (Lipinski definition) is 1. The van der Waals surface area contributed by atoms with Gasteiger partial charge in [0.05, 0.1) is 12.8 Å². The lowest BCUT2D eigenvalue weighted by Gasteiger charge is -2.09. The molecule has 3 nitrogen and oxygen atoms in total. The normalized spacial score (nSPS) is 16.8. The average Bonchev–Trinajstić information content (AvgIpc) is 2.77. The molecule has 1 aliphatic rings. The maximum Gasteiger partial charge on any atom is 0.242 e. The van der Waals surface area contributed by atoms with E-state index < -0.39 is 0 Å². The maximum absolute atomic E-state index is 11.8. The van der Waals surface area contributed by atoms with E-state index in [0.29, 0.717) is 10.0 Å². The first-order valence-electron chi connectivity index (χ1n) is 5.99. The van der Waals surface area contributed by atoms with Gasteiger partial charge in [0.15, 0.2) is 0 Å². The Kier molecular flexibility index (Phi) is 3.46. The molecule has 1 saturated heterocycles. The van der Waals surface area contributed by atoms with Crippen molar-refractivity contribution in [2.75, 3.05) is 7.11 Å². The summed E-state index contributed by atoms with van der Waals surface area (Å²) in [5.74, 6) is 0.730. The third-order valence-corrected chi connectivity index (χ3v) is 4.13. The Balaban J connectivity index is 2.21. The summed E-state index contributed by atoms with van der Waals surface area (Å²) in [4.78, 5) is 11.8. The Hall–Kier alpha value is -1.85. The SMILES string of the molecule is COc1ccc2ccccc2c1C=C1NC(=S)SC1=O. The van der Waals surface area contributed by atoms with E-state index in [1.54, 1.807) is 13.2 Å². The zero-order valence-corrected chi connectivity index (χ0v) is 12.3.